The van der Waals surface area contributed by atoms with Gasteiger partial charge in [-0.05, 0) is 61.5 Å². The molecular formula is C22H18BrN3O4. The van der Waals surface area contributed by atoms with Crippen molar-refractivity contribution in [2.75, 3.05) is 6.61 Å². The van der Waals surface area contributed by atoms with Crippen molar-refractivity contribution in [2.24, 2.45) is 5.10 Å². The summed E-state index contributed by atoms with van der Waals surface area (Å²) in [7, 11) is 0. The predicted octanol–water partition coefficient (Wildman–Crippen LogP) is 4.23. The number of rotatable bonds is 7. The van der Waals surface area contributed by atoms with Crippen molar-refractivity contribution in [1.29, 1.82) is 0 Å². The largest absolute Gasteiger partial charge is 0.494 e. The number of carbonyl (C=O) groups excluding carboxylic acids is 2. The highest BCUT2D eigenvalue weighted by molar-refractivity contribution is 9.10. The molecule has 0 radical (unpaired) electrons. The summed E-state index contributed by atoms with van der Waals surface area (Å²) in [5, 5.41) is 3.95. The molecule has 0 spiro atoms. The maximum absolute atomic E-state index is 12.5. The summed E-state index contributed by atoms with van der Waals surface area (Å²) in [5.74, 6) is 0.0584. The molecule has 0 bridgehead atoms. The number of aromatic nitrogens is 1. The van der Waals surface area contributed by atoms with Crippen molar-refractivity contribution in [3.05, 3.63) is 88.2 Å². The lowest BCUT2D eigenvalue weighted by Gasteiger charge is -2.09. The fourth-order valence-corrected chi connectivity index (χ4v) is 2.83. The zero-order valence-corrected chi connectivity index (χ0v) is 17.6. The van der Waals surface area contributed by atoms with Crippen molar-refractivity contribution >= 4 is 34.0 Å². The molecule has 1 aromatic heterocycles. The van der Waals surface area contributed by atoms with Gasteiger partial charge < -0.3 is 9.47 Å². The first-order chi connectivity index (χ1) is 14.6. The van der Waals surface area contributed by atoms with Crippen LogP contribution in [0.1, 0.15) is 33.2 Å². The SMILES string of the molecule is CCOc1ccc(C(=O)Oc2ccc(Br)cc2C=NNC(=O)c2cccnc2)cc1. The summed E-state index contributed by atoms with van der Waals surface area (Å²) >= 11 is 3.38. The molecule has 30 heavy (non-hydrogen) atoms. The predicted molar refractivity (Wildman–Crippen MR) is 116 cm³/mol. The Labute approximate surface area is 181 Å². The van der Waals surface area contributed by atoms with Gasteiger partial charge in [-0.2, -0.15) is 5.10 Å². The number of hydrazone groups is 1. The second-order valence-electron chi connectivity index (χ2n) is 5.97. The second kappa shape index (κ2) is 10.3. The van der Waals surface area contributed by atoms with Crippen LogP contribution in [0.25, 0.3) is 0 Å². The molecular weight excluding hydrogens is 450 g/mol. The average molecular weight is 468 g/mol. The van der Waals surface area contributed by atoms with Gasteiger partial charge in [-0.15, -0.1) is 0 Å². The third kappa shape index (κ3) is 5.74. The van der Waals surface area contributed by atoms with E-state index in [1.807, 2.05) is 6.92 Å². The summed E-state index contributed by atoms with van der Waals surface area (Å²) in [5.41, 5.74) is 3.69. The monoisotopic (exact) mass is 467 g/mol. The Kier molecular flexibility index (Phi) is 7.29. The van der Waals surface area contributed by atoms with E-state index in [9.17, 15) is 9.59 Å². The number of nitrogens with zero attached hydrogens (tertiary/aromatic N) is 2. The minimum Gasteiger partial charge on any atom is -0.494 e. The van der Waals surface area contributed by atoms with Crippen LogP contribution in [0.5, 0.6) is 11.5 Å². The Morgan fingerprint density at radius 2 is 1.93 bits per heavy atom. The molecule has 0 saturated heterocycles. The van der Waals surface area contributed by atoms with Crippen molar-refractivity contribution in [1.82, 2.24) is 10.4 Å². The van der Waals surface area contributed by atoms with E-state index in [4.69, 9.17) is 9.47 Å². The van der Waals surface area contributed by atoms with Crippen LogP contribution in [0.4, 0.5) is 0 Å². The van der Waals surface area contributed by atoms with Gasteiger partial charge in [-0.3, -0.25) is 9.78 Å². The third-order valence-electron chi connectivity index (χ3n) is 3.87. The van der Waals surface area contributed by atoms with Crippen molar-refractivity contribution in [3.8, 4) is 11.5 Å². The molecule has 8 heteroatoms. The van der Waals surface area contributed by atoms with E-state index < -0.39 is 11.9 Å². The molecule has 152 valence electrons. The number of hydrogen-bond acceptors (Lipinski definition) is 6. The maximum atomic E-state index is 12.5. The Morgan fingerprint density at radius 3 is 2.63 bits per heavy atom. The first kappa shape index (κ1) is 21.2. The molecule has 1 amide bonds. The number of benzene rings is 2. The topological polar surface area (TPSA) is 89.9 Å². The average Bonchev–Trinajstić information content (AvgIpc) is 2.76. The molecule has 3 rings (SSSR count). The molecule has 7 nitrogen and oxygen atoms in total. The van der Waals surface area contributed by atoms with Crippen LogP contribution in [0.2, 0.25) is 0 Å². The number of amides is 1. The number of ether oxygens (including phenoxy) is 2. The minimum atomic E-state index is -0.519. The van der Waals surface area contributed by atoms with Gasteiger partial charge in [-0.25, -0.2) is 10.2 Å². The molecule has 0 aliphatic carbocycles. The Balaban J connectivity index is 1.71. The summed E-state index contributed by atoms with van der Waals surface area (Å²) in [4.78, 5) is 28.4. The lowest BCUT2D eigenvalue weighted by molar-refractivity contribution is 0.0734. The van der Waals surface area contributed by atoms with Gasteiger partial charge in [0.25, 0.3) is 5.91 Å². The molecule has 0 fully saturated rings. The van der Waals surface area contributed by atoms with Crippen LogP contribution >= 0.6 is 15.9 Å². The first-order valence-electron chi connectivity index (χ1n) is 9.05. The van der Waals surface area contributed by atoms with E-state index in [0.29, 0.717) is 34.8 Å². The number of esters is 1. The Hall–Kier alpha value is -3.52. The quantitative estimate of drug-likeness (QED) is 0.243. The zero-order chi connectivity index (χ0) is 21.3. The van der Waals surface area contributed by atoms with Gasteiger partial charge in [0.1, 0.15) is 11.5 Å². The number of nitrogens with one attached hydrogen (secondary N) is 1. The van der Waals surface area contributed by atoms with Crippen LogP contribution in [0, 0.1) is 0 Å². The molecule has 2 aromatic carbocycles. The van der Waals surface area contributed by atoms with E-state index in [1.165, 1.54) is 12.4 Å². The standard InChI is InChI=1S/C22H18BrN3O4/c1-2-29-19-8-5-15(6-9-19)22(28)30-20-10-7-18(23)12-17(20)14-25-26-21(27)16-4-3-11-24-13-16/h3-14H,2H2,1H3,(H,26,27). The number of hydrogen-bond donors (Lipinski definition) is 1. The highest BCUT2D eigenvalue weighted by Gasteiger charge is 2.12. The van der Waals surface area contributed by atoms with Crippen molar-refractivity contribution in [3.63, 3.8) is 0 Å². The van der Waals surface area contributed by atoms with Crippen molar-refractivity contribution < 1.29 is 19.1 Å². The van der Waals surface area contributed by atoms with Crippen LogP contribution in [0.3, 0.4) is 0 Å². The van der Waals surface area contributed by atoms with Gasteiger partial charge in [0.2, 0.25) is 0 Å². The molecule has 1 heterocycles. The van der Waals surface area contributed by atoms with Crippen LogP contribution < -0.4 is 14.9 Å². The lowest BCUT2D eigenvalue weighted by Crippen LogP contribution is -2.17. The third-order valence-corrected chi connectivity index (χ3v) is 4.36. The molecule has 0 atom stereocenters. The zero-order valence-electron chi connectivity index (χ0n) is 16.0. The van der Waals surface area contributed by atoms with Gasteiger partial charge in [0, 0.05) is 22.4 Å². The smallest absolute Gasteiger partial charge is 0.343 e. The fraction of sp³-hybridized carbons (Fsp3) is 0.0909. The normalized spacial score (nSPS) is 10.6. The molecule has 0 saturated carbocycles. The summed E-state index contributed by atoms with van der Waals surface area (Å²) < 4.78 is 11.7. The van der Waals surface area contributed by atoms with E-state index in [1.54, 1.807) is 60.8 Å². The van der Waals surface area contributed by atoms with Gasteiger partial charge >= 0.3 is 5.97 Å². The highest BCUT2D eigenvalue weighted by Crippen LogP contribution is 2.23. The number of halogens is 1. The molecule has 0 aliphatic heterocycles. The van der Waals surface area contributed by atoms with Gasteiger partial charge in [0.05, 0.1) is 23.9 Å². The molecule has 3 aromatic rings. The van der Waals surface area contributed by atoms with Crippen LogP contribution in [-0.4, -0.2) is 29.7 Å². The summed E-state index contributed by atoms with van der Waals surface area (Å²) in [6.45, 7) is 2.43. The second-order valence-corrected chi connectivity index (χ2v) is 6.89. The number of pyridine rings is 1. The molecule has 0 aliphatic rings. The molecule has 0 unspecified atom stereocenters. The van der Waals surface area contributed by atoms with Gasteiger partial charge in [-0.1, -0.05) is 15.9 Å². The van der Waals surface area contributed by atoms with E-state index in [0.717, 1.165) is 4.47 Å². The van der Waals surface area contributed by atoms with E-state index in [-0.39, 0.29) is 0 Å². The summed E-state index contributed by atoms with van der Waals surface area (Å²) in [6, 6.07) is 15.1. The first-order valence-corrected chi connectivity index (χ1v) is 9.84. The van der Waals surface area contributed by atoms with Crippen molar-refractivity contribution in [2.45, 2.75) is 6.92 Å². The minimum absolute atomic E-state index is 0.302. The van der Waals surface area contributed by atoms with Gasteiger partial charge in [0.15, 0.2) is 0 Å². The highest BCUT2D eigenvalue weighted by atomic mass is 79.9. The fourth-order valence-electron chi connectivity index (χ4n) is 2.45. The maximum Gasteiger partial charge on any atom is 0.343 e. The number of carbonyl (C=O) groups is 2. The Morgan fingerprint density at radius 1 is 1.13 bits per heavy atom. The van der Waals surface area contributed by atoms with Crippen LogP contribution in [0.15, 0.2) is 76.6 Å². The molecule has 1 N–H and O–H groups in total. The summed E-state index contributed by atoms with van der Waals surface area (Å²) in [6.07, 6.45) is 4.42. The van der Waals surface area contributed by atoms with Crippen LogP contribution in [-0.2, 0) is 0 Å². The Bertz CT molecular complexity index is 1050. The van der Waals surface area contributed by atoms with E-state index >= 15 is 0 Å². The lowest BCUT2D eigenvalue weighted by atomic mass is 10.2. The van der Waals surface area contributed by atoms with E-state index in [2.05, 4.69) is 31.4 Å².